The Morgan fingerprint density at radius 2 is 2.31 bits per heavy atom. The molecule has 0 aliphatic carbocycles. The average Bonchev–Trinajstić information content (AvgIpc) is 2.11. The smallest absolute Gasteiger partial charge is 0.117 e. The highest BCUT2D eigenvalue weighted by atomic mass is 16.3. The lowest BCUT2D eigenvalue weighted by Crippen LogP contribution is -2.01. The van der Waals surface area contributed by atoms with Gasteiger partial charge in [0.1, 0.15) is 5.75 Å². The van der Waals surface area contributed by atoms with Gasteiger partial charge in [0.05, 0.1) is 12.5 Å². The number of benzene rings is 1. The molecule has 0 saturated heterocycles. The number of hydrogen-bond donors (Lipinski definition) is 2. The second-order valence-corrected chi connectivity index (χ2v) is 2.83. The van der Waals surface area contributed by atoms with Gasteiger partial charge in [-0.15, -0.1) is 0 Å². The van der Waals surface area contributed by atoms with Gasteiger partial charge in [-0.2, -0.15) is 5.26 Å². The molecule has 1 aromatic rings. The molecule has 1 rings (SSSR count). The first kappa shape index (κ1) is 9.40. The molecule has 0 spiro atoms. The molecule has 0 atom stereocenters. The summed E-state index contributed by atoms with van der Waals surface area (Å²) < 4.78 is 0. The summed E-state index contributed by atoms with van der Waals surface area (Å²) in [5, 5.41) is 20.6. The van der Waals surface area contributed by atoms with Crippen LogP contribution in [0.2, 0.25) is 0 Å². The van der Waals surface area contributed by atoms with Crippen LogP contribution in [0.1, 0.15) is 12.0 Å². The van der Waals surface area contributed by atoms with Gasteiger partial charge in [0.25, 0.3) is 0 Å². The third kappa shape index (κ3) is 2.68. The van der Waals surface area contributed by atoms with Gasteiger partial charge in [-0.25, -0.2) is 0 Å². The number of rotatable bonds is 3. The molecule has 0 saturated carbocycles. The highest BCUT2D eigenvalue weighted by Crippen LogP contribution is 2.20. The van der Waals surface area contributed by atoms with Crippen molar-refractivity contribution in [3.8, 4) is 11.8 Å². The fourth-order valence-corrected chi connectivity index (χ4v) is 1.05. The minimum Gasteiger partial charge on any atom is -0.508 e. The van der Waals surface area contributed by atoms with Crippen LogP contribution in [0.15, 0.2) is 18.2 Å². The van der Waals surface area contributed by atoms with E-state index >= 15 is 0 Å². The molecule has 0 bridgehead atoms. The van der Waals surface area contributed by atoms with Crippen molar-refractivity contribution in [1.82, 2.24) is 0 Å². The van der Waals surface area contributed by atoms with Crippen LogP contribution < -0.4 is 5.32 Å². The highest BCUT2D eigenvalue weighted by Gasteiger charge is 1.97. The van der Waals surface area contributed by atoms with Crippen molar-refractivity contribution < 1.29 is 5.11 Å². The van der Waals surface area contributed by atoms with Crippen LogP contribution in [-0.2, 0) is 0 Å². The first-order valence-electron chi connectivity index (χ1n) is 4.14. The zero-order chi connectivity index (χ0) is 9.68. The van der Waals surface area contributed by atoms with Crippen molar-refractivity contribution in [2.45, 2.75) is 13.3 Å². The fraction of sp³-hybridized carbons (Fsp3) is 0.300. The largest absolute Gasteiger partial charge is 0.508 e. The lowest BCUT2D eigenvalue weighted by atomic mass is 10.2. The number of aryl methyl sites for hydroxylation is 1. The van der Waals surface area contributed by atoms with E-state index in [1.807, 2.05) is 19.1 Å². The number of aromatic hydroxyl groups is 1. The molecule has 0 aromatic heterocycles. The van der Waals surface area contributed by atoms with Gasteiger partial charge in [-0.3, -0.25) is 0 Å². The van der Waals surface area contributed by atoms with Crippen LogP contribution in [-0.4, -0.2) is 11.7 Å². The van der Waals surface area contributed by atoms with E-state index < -0.39 is 0 Å². The molecule has 3 nitrogen and oxygen atoms in total. The molecule has 0 aliphatic rings. The van der Waals surface area contributed by atoms with E-state index in [1.165, 1.54) is 0 Å². The molecule has 0 fully saturated rings. The Hall–Kier alpha value is -1.69. The Morgan fingerprint density at radius 3 is 3.00 bits per heavy atom. The van der Waals surface area contributed by atoms with E-state index in [0.717, 1.165) is 11.3 Å². The molecule has 1 aromatic carbocycles. The Bertz CT molecular complexity index is 328. The third-order valence-corrected chi connectivity index (χ3v) is 1.77. The van der Waals surface area contributed by atoms with Gasteiger partial charge in [0, 0.05) is 18.3 Å². The molecular formula is C10H12N2O. The Balaban J connectivity index is 2.65. The SMILES string of the molecule is Cc1ccc(O)cc1NCCC#N. The van der Waals surface area contributed by atoms with Crippen LogP contribution in [0, 0.1) is 18.3 Å². The quantitative estimate of drug-likeness (QED) is 0.693. The van der Waals surface area contributed by atoms with Gasteiger partial charge in [-0.05, 0) is 18.6 Å². The maximum absolute atomic E-state index is 9.19. The summed E-state index contributed by atoms with van der Waals surface area (Å²) in [6.07, 6.45) is 0.467. The summed E-state index contributed by atoms with van der Waals surface area (Å²) in [4.78, 5) is 0. The average molecular weight is 176 g/mol. The number of anilines is 1. The van der Waals surface area contributed by atoms with Gasteiger partial charge < -0.3 is 10.4 Å². The normalized spacial score (nSPS) is 9.23. The topological polar surface area (TPSA) is 56.0 Å². The lowest BCUT2D eigenvalue weighted by Gasteiger charge is -2.07. The number of nitriles is 1. The molecule has 0 amide bonds. The first-order chi connectivity index (χ1) is 6.24. The second kappa shape index (κ2) is 4.36. The van der Waals surface area contributed by atoms with E-state index in [1.54, 1.807) is 12.1 Å². The lowest BCUT2D eigenvalue weighted by molar-refractivity contribution is 0.475. The second-order valence-electron chi connectivity index (χ2n) is 2.83. The molecule has 13 heavy (non-hydrogen) atoms. The zero-order valence-electron chi connectivity index (χ0n) is 7.54. The van der Waals surface area contributed by atoms with Crippen molar-refractivity contribution in [2.24, 2.45) is 0 Å². The summed E-state index contributed by atoms with van der Waals surface area (Å²) in [6.45, 7) is 2.56. The highest BCUT2D eigenvalue weighted by molar-refractivity contribution is 5.54. The van der Waals surface area contributed by atoms with E-state index in [0.29, 0.717) is 13.0 Å². The Labute approximate surface area is 77.6 Å². The molecule has 0 radical (unpaired) electrons. The molecule has 0 aliphatic heterocycles. The Kier molecular flexibility index (Phi) is 3.15. The molecule has 68 valence electrons. The number of nitrogens with zero attached hydrogens (tertiary/aromatic N) is 1. The van der Waals surface area contributed by atoms with E-state index in [4.69, 9.17) is 5.26 Å². The van der Waals surface area contributed by atoms with Gasteiger partial charge in [0.15, 0.2) is 0 Å². The maximum atomic E-state index is 9.19. The molecular weight excluding hydrogens is 164 g/mol. The number of phenolic OH excluding ortho intramolecular Hbond substituents is 1. The molecule has 3 heteroatoms. The molecule has 0 unspecified atom stereocenters. The van der Waals surface area contributed by atoms with Crippen LogP contribution in [0.3, 0.4) is 0 Å². The minimum atomic E-state index is 0.241. The van der Waals surface area contributed by atoms with E-state index in [-0.39, 0.29) is 5.75 Å². The Morgan fingerprint density at radius 1 is 1.54 bits per heavy atom. The maximum Gasteiger partial charge on any atom is 0.117 e. The van der Waals surface area contributed by atoms with Gasteiger partial charge >= 0.3 is 0 Å². The number of phenols is 1. The van der Waals surface area contributed by atoms with Gasteiger partial charge in [-0.1, -0.05) is 6.07 Å². The monoisotopic (exact) mass is 176 g/mol. The predicted octanol–water partition coefficient (Wildman–Crippen LogP) is 2.03. The van der Waals surface area contributed by atoms with Crippen molar-refractivity contribution in [3.63, 3.8) is 0 Å². The van der Waals surface area contributed by atoms with Crippen LogP contribution in [0.4, 0.5) is 5.69 Å². The van der Waals surface area contributed by atoms with Gasteiger partial charge in [0.2, 0.25) is 0 Å². The van der Waals surface area contributed by atoms with Crippen LogP contribution in [0.5, 0.6) is 5.75 Å². The summed E-state index contributed by atoms with van der Waals surface area (Å²) in [5.74, 6) is 0.241. The summed E-state index contributed by atoms with van der Waals surface area (Å²) in [7, 11) is 0. The van der Waals surface area contributed by atoms with Crippen molar-refractivity contribution >= 4 is 5.69 Å². The summed E-state index contributed by atoms with van der Waals surface area (Å²) in [6, 6.07) is 7.19. The first-order valence-corrected chi connectivity index (χ1v) is 4.14. The minimum absolute atomic E-state index is 0.241. The fourth-order valence-electron chi connectivity index (χ4n) is 1.05. The summed E-state index contributed by atoms with van der Waals surface area (Å²) >= 11 is 0. The third-order valence-electron chi connectivity index (χ3n) is 1.77. The number of hydrogen-bond acceptors (Lipinski definition) is 3. The van der Waals surface area contributed by atoms with E-state index in [2.05, 4.69) is 5.32 Å². The van der Waals surface area contributed by atoms with Crippen LogP contribution >= 0.6 is 0 Å². The number of nitrogens with one attached hydrogen (secondary N) is 1. The van der Waals surface area contributed by atoms with Crippen LogP contribution in [0.25, 0.3) is 0 Å². The van der Waals surface area contributed by atoms with Crippen molar-refractivity contribution in [1.29, 1.82) is 5.26 Å². The van der Waals surface area contributed by atoms with E-state index in [9.17, 15) is 5.11 Å². The molecule has 0 heterocycles. The van der Waals surface area contributed by atoms with Crippen molar-refractivity contribution in [2.75, 3.05) is 11.9 Å². The van der Waals surface area contributed by atoms with Crippen molar-refractivity contribution in [3.05, 3.63) is 23.8 Å². The zero-order valence-corrected chi connectivity index (χ0v) is 7.54. The summed E-state index contributed by atoms with van der Waals surface area (Å²) in [5.41, 5.74) is 1.95. The predicted molar refractivity (Wildman–Crippen MR) is 51.6 cm³/mol. The molecule has 2 N–H and O–H groups in total. The standard InChI is InChI=1S/C10H12N2O/c1-8-3-4-9(13)7-10(8)12-6-2-5-11/h3-4,7,12-13H,2,6H2,1H3.